The third kappa shape index (κ3) is 3.59. The molecule has 5 atom stereocenters. The number of rotatable bonds is 4. The molecule has 2 aromatic heterocycles. The van der Waals surface area contributed by atoms with Gasteiger partial charge in [0.15, 0.2) is 17.3 Å². The van der Waals surface area contributed by atoms with Gasteiger partial charge in [-0.2, -0.15) is 13.2 Å². The number of ether oxygens (including phenoxy) is 1. The average molecular weight is 487 g/mol. The Kier molecular flexibility index (Phi) is 4.78. The first kappa shape index (κ1) is 22.1. The smallest absolute Gasteiger partial charge is 0.434 e. The van der Waals surface area contributed by atoms with Gasteiger partial charge in [0.1, 0.15) is 6.10 Å². The van der Waals surface area contributed by atoms with E-state index in [0.29, 0.717) is 42.1 Å². The molecular weight excluding hydrogens is 466 g/mol. The number of likely N-dealkylation sites (tertiary alicyclic amines) is 1. The Morgan fingerprint density at radius 3 is 2.57 bits per heavy atom. The predicted octanol–water partition coefficient (Wildman–Crippen LogP) is 3.84. The first-order valence-corrected chi connectivity index (χ1v) is 11.4. The number of hydrogen-bond donors (Lipinski definition) is 0. The van der Waals surface area contributed by atoms with Gasteiger partial charge in [0, 0.05) is 23.1 Å². The van der Waals surface area contributed by atoms with E-state index < -0.39 is 17.7 Å². The van der Waals surface area contributed by atoms with Gasteiger partial charge in [0.05, 0.1) is 30.8 Å². The molecular formula is C24H21F4N5O2. The van der Waals surface area contributed by atoms with Crippen LogP contribution in [0.4, 0.5) is 17.6 Å². The molecule has 3 aliphatic carbocycles. The molecule has 1 aliphatic heterocycles. The lowest BCUT2D eigenvalue weighted by atomic mass is 9.72. The summed E-state index contributed by atoms with van der Waals surface area (Å²) in [5.41, 5.74) is 0.0658. The number of hydrogen-bond acceptors (Lipinski definition) is 6. The van der Waals surface area contributed by atoms with E-state index in [2.05, 4.69) is 19.9 Å². The highest BCUT2D eigenvalue weighted by Crippen LogP contribution is 2.71. The van der Waals surface area contributed by atoms with Gasteiger partial charge in [0.2, 0.25) is 5.88 Å². The van der Waals surface area contributed by atoms with Crippen molar-refractivity contribution in [3.05, 3.63) is 59.8 Å². The van der Waals surface area contributed by atoms with Crippen molar-refractivity contribution < 1.29 is 27.1 Å². The minimum absolute atomic E-state index is 0.00286. The van der Waals surface area contributed by atoms with Crippen LogP contribution in [0.25, 0.3) is 5.57 Å². The molecule has 182 valence electrons. The maximum absolute atomic E-state index is 13.8. The third-order valence-corrected chi connectivity index (χ3v) is 7.57. The second-order valence-corrected chi connectivity index (χ2v) is 9.79. The average Bonchev–Trinajstić information content (AvgIpc) is 3.47. The number of allylic oxidation sites excluding steroid dienone is 3. The summed E-state index contributed by atoms with van der Waals surface area (Å²) in [5, 5.41) is 0. The molecule has 11 heteroatoms. The van der Waals surface area contributed by atoms with Crippen molar-refractivity contribution in [2.75, 3.05) is 6.54 Å². The van der Waals surface area contributed by atoms with Crippen LogP contribution in [0.15, 0.2) is 42.5 Å². The molecule has 5 unspecified atom stereocenters. The molecule has 0 bridgehead atoms. The van der Waals surface area contributed by atoms with Crippen molar-refractivity contribution in [1.29, 1.82) is 0 Å². The molecule has 1 saturated heterocycles. The maximum Gasteiger partial charge on any atom is 0.434 e. The zero-order valence-corrected chi connectivity index (χ0v) is 18.7. The summed E-state index contributed by atoms with van der Waals surface area (Å²) < 4.78 is 57.6. The van der Waals surface area contributed by atoms with E-state index >= 15 is 0 Å². The molecule has 2 saturated carbocycles. The fourth-order valence-corrected chi connectivity index (χ4v) is 5.83. The molecule has 3 heterocycles. The monoisotopic (exact) mass is 487 g/mol. The fraction of sp³-hybridized carbons (Fsp3) is 0.458. The van der Waals surface area contributed by atoms with Crippen LogP contribution < -0.4 is 4.74 Å². The fourth-order valence-electron chi connectivity index (χ4n) is 5.83. The quantitative estimate of drug-likeness (QED) is 0.610. The van der Waals surface area contributed by atoms with Crippen LogP contribution >= 0.6 is 0 Å². The molecule has 0 N–H and O–H groups in total. The minimum Gasteiger partial charge on any atom is -0.471 e. The van der Waals surface area contributed by atoms with Crippen molar-refractivity contribution >= 4 is 11.5 Å². The molecule has 4 aliphatic rings. The number of carbonyl (C=O) groups excluding carboxylic acids is 1. The summed E-state index contributed by atoms with van der Waals surface area (Å²) in [6.45, 7) is 2.61. The minimum atomic E-state index is -4.58. The Hall–Kier alpha value is -3.37. The zero-order chi connectivity index (χ0) is 24.5. The lowest BCUT2D eigenvalue weighted by Gasteiger charge is -2.47. The second kappa shape index (κ2) is 7.56. The molecule has 2 aromatic rings. The molecule has 7 nitrogen and oxygen atoms in total. The van der Waals surface area contributed by atoms with E-state index in [1.165, 1.54) is 0 Å². The zero-order valence-electron chi connectivity index (χ0n) is 18.7. The van der Waals surface area contributed by atoms with Crippen LogP contribution in [0, 0.1) is 23.1 Å². The number of carbonyl (C=O) groups is 1. The van der Waals surface area contributed by atoms with E-state index in [-0.39, 0.29) is 35.3 Å². The first-order valence-electron chi connectivity index (χ1n) is 11.4. The van der Waals surface area contributed by atoms with Gasteiger partial charge in [-0.1, -0.05) is 19.1 Å². The van der Waals surface area contributed by atoms with E-state index in [0.717, 1.165) is 31.4 Å². The van der Waals surface area contributed by atoms with Crippen LogP contribution in [0.2, 0.25) is 0 Å². The lowest BCUT2D eigenvalue weighted by Crippen LogP contribution is -2.59. The van der Waals surface area contributed by atoms with Crippen LogP contribution in [0.1, 0.15) is 37.7 Å². The van der Waals surface area contributed by atoms with E-state index in [1.54, 1.807) is 0 Å². The number of nitrogens with zero attached hydrogens (tertiary/aromatic N) is 5. The van der Waals surface area contributed by atoms with Gasteiger partial charge in [0.25, 0.3) is 5.91 Å². The Labute approximate surface area is 198 Å². The number of alkyl halides is 3. The van der Waals surface area contributed by atoms with Gasteiger partial charge in [-0.25, -0.2) is 24.3 Å². The Morgan fingerprint density at radius 2 is 1.89 bits per heavy atom. The molecule has 0 aromatic carbocycles. The highest BCUT2D eigenvalue weighted by molar-refractivity contribution is 6.03. The van der Waals surface area contributed by atoms with E-state index in [9.17, 15) is 22.4 Å². The number of amides is 1. The molecule has 6 rings (SSSR count). The summed E-state index contributed by atoms with van der Waals surface area (Å²) in [4.78, 5) is 30.9. The largest absolute Gasteiger partial charge is 0.471 e. The molecule has 3 fully saturated rings. The van der Waals surface area contributed by atoms with Gasteiger partial charge in [-0.05, 0) is 31.1 Å². The van der Waals surface area contributed by atoms with Crippen molar-refractivity contribution in [2.45, 2.75) is 44.5 Å². The third-order valence-electron chi connectivity index (χ3n) is 7.57. The van der Waals surface area contributed by atoms with Crippen molar-refractivity contribution in [2.24, 2.45) is 17.3 Å². The summed E-state index contributed by atoms with van der Waals surface area (Å²) in [6.07, 6.45) is 4.83. The summed E-state index contributed by atoms with van der Waals surface area (Å²) in [5.74, 6) is 0.129. The Morgan fingerprint density at radius 1 is 1.11 bits per heavy atom. The van der Waals surface area contributed by atoms with Gasteiger partial charge < -0.3 is 9.64 Å². The highest BCUT2D eigenvalue weighted by Gasteiger charge is 2.76. The summed E-state index contributed by atoms with van der Waals surface area (Å²) >= 11 is 0. The van der Waals surface area contributed by atoms with Gasteiger partial charge in [-0.3, -0.25) is 4.79 Å². The molecule has 1 amide bonds. The summed E-state index contributed by atoms with van der Waals surface area (Å²) in [6, 6.07) is -0.187. The Balaban J connectivity index is 1.26. The van der Waals surface area contributed by atoms with Crippen molar-refractivity contribution in [1.82, 2.24) is 24.8 Å². The van der Waals surface area contributed by atoms with Crippen molar-refractivity contribution in [3.8, 4) is 5.88 Å². The second-order valence-electron chi connectivity index (χ2n) is 9.79. The SMILES string of the molecule is CC1C=CC(c2ncc(F)cn2)=C(C(=O)N2CC3CC34CC(Oc3cnc(C(F)(F)F)cn3)C24)C1. The van der Waals surface area contributed by atoms with Crippen LogP contribution in [0.5, 0.6) is 5.88 Å². The topological polar surface area (TPSA) is 81.1 Å². The van der Waals surface area contributed by atoms with Crippen LogP contribution in [0.3, 0.4) is 0 Å². The standard InChI is InChI=1S/C24H21F4N5O2/c1-12-2-3-15(21-31-7-14(25)8-32-21)16(4-12)22(34)33-11-13-5-23(13)6-17(20(23)33)35-19-10-29-18(9-30-19)24(26,27)28/h2-3,7-10,12-13,17,20H,4-6,11H2,1H3. The van der Waals surface area contributed by atoms with Gasteiger partial charge >= 0.3 is 6.18 Å². The number of piperidine rings is 1. The van der Waals surface area contributed by atoms with Crippen molar-refractivity contribution in [3.63, 3.8) is 0 Å². The van der Waals surface area contributed by atoms with Gasteiger partial charge in [-0.15, -0.1) is 0 Å². The number of halogens is 4. The van der Waals surface area contributed by atoms with Crippen LogP contribution in [-0.4, -0.2) is 49.4 Å². The van der Waals surface area contributed by atoms with E-state index in [1.807, 2.05) is 24.0 Å². The van der Waals surface area contributed by atoms with Crippen LogP contribution in [-0.2, 0) is 11.0 Å². The molecule has 1 spiro atoms. The Bertz CT molecular complexity index is 1240. The first-order chi connectivity index (χ1) is 16.7. The lowest BCUT2D eigenvalue weighted by molar-refractivity contribution is -0.142. The normalized spacial score (nSPS) is 31.1. The van der Waals surface area contributed by atoms with E-state index in [4.69, 9.17) is 4.74 Å². The summed E-state index contributed by atoms with van der Waals surface area (Å²) in [7, 11) is 0. The molecule has 0 radical (unpaired) electrons. The molecule has 35 heavy (non-hydrogen) atoms. The number of aromatic nitrogens is 4. The predicted molar refractivity (Wildman–Crippen MR) is 114 cm³/mol. The maximum atomic E-state index is 13.8. The highest BCUT2D eigenvalue weighted by atomic mass is 19.4.